The molecule has 3 heterocycles. The van der Waals surface area contributed by atoms with E-state index in [1.54, 1.807) is 11.3 Å². The number of hydrogen-bond acceptors (Lipinski definition) is 7. The highest BCUT2D eigenvalue weighted by Crippen LogP contribution is 2.36. The number of hydrogen-bond donors (Lipinski definition) is 2. The van der Waals surface area contributed by atoms with Gasteiger partial charge in [0.2, 0.25) is 5.91 Å². The van der Waals surface area contributed by atoms with Crippen LogP contribution in [-0.2, 0) is 23.1 Å². The van der Waals surface area contributed by atoms with Crippen LogP contribution in [0.15, 0.2) is 15.3 Å². The van der Waals surface area contributed by atoms with Crippen molar-refractivity contribution in [2.24, 2.45) is 5.92 Å². The summed E-state index contributed by atoms with van der Waals surface area (Å²) in [7, 11) is 0. The maximum Gasteiger partial charge on any atom is 0.260 e. The molecule has 1 unspecified atom stereocenters. The van der Waals surface area contributed by atoms with E-state index >= 15 is 0 Å². The molecule has 1 aliphatic rings. The maximum absolute atomic E-state index is 12.6. The van der Waals surface area contributed by atoms with Crippen LogP contribution in [0.25, 0.3) is 10.2 Å². The Labute approximate surface area is 181 Å². The van der Waals surface area contributed by atoms with E-state index in [-0.39, 0.29) is 22.6 Å². The van der Waals surface area contributed by atoms with Crippen molar-refractivity contribution >= 4 is 55.7 Å². The van der Waals surface area contributed by atoms with Gasteiger partial charge in [0.25, 0.3) is 5.56 Å². The van der Waals surface area contributed by atoms with Gasteiger partial charge in [-0.2, -0.15) is 0 Å². The SMILES string of the molecule is CC1CCc2c(sc3nc(SCC(=O)Nc4nc(C(C)(C)C)cs4)[nH]c(=O)c23)C1. The fourth-order valence-corrected chi connectivity index (χ4v) is 6.42. The van der Waals surface area contributed by atoms with Crippen LogP contribution in [0.5, 0.6) is 0 Å². The molecule has 4 rings (SSSR count). The van der Waals surface area contributed by atoms with Gasteiger partial charge in [-0.3, -0.25) is 9.59 Å². The van der Waals surface area contributed by atoms with E-state index in [4.69, 9.17) is 0 Å². The Morgan fingerprint density at radius 1 is 1.38 bits per heavy atom. The number of rotatable bonds is 4. The Bertz CT molecular complexity index is 1120. The predicted molar refractivity (Wildman–Crippen MR) is 122 cm³/mol. The molecule has 1 aliphatic carbocycles. The van der Waals surface area contributed by atoms with Gasteiger partial charge < -0.3 is 10.3 Å². The number of aromatic nitrogens is 3. The standard InChI is InChI=1S/C20H24N4O2S3/c1-10-5-6-11-12(7-10)29-17-15(11)16(26)23-19(24-17)28-9-14(25)22-18-21-13(8-27-18)20(2,3)4/h8,10H,5-7,9H2,1-4H3,(H,21,22,25)(H,23,24,26). The molecule has 0 saturated carbocycles. The van der Waals surface area contributed by atoms with Crippen LogP contribution < -0.4 is 10.9 Å². The number of thiazole rings is 1. The molecule has 1 atom stereocenters. The summed E-state index contributed by atoms with van der Waals surface area (Å²) in [6, 6.07) is 0. The van der Waals surface area contributed by atoms with Gasteiger partial charge in [-0.1, -0.05) is 39.5 Å². The maximum atomic E-state index is 12.6. The zero-order valence-corrected chi connectivity index (χ0v) is 19.4. The van der Waals surface area contributed by atoms with Gasteiger partial charge in [0.15, 0.2) is 10.3 Å². The number of H-pyrrole nitrogens is 1. The van der Waals surface area contributed by atoms with E-state index in [1.807, 2.05) is 5.38 Å². The molecule has 154 valence electrons. The minimum absolute atomic E-state index is 0.0509. The Morgan fingerprint density at radius 3 is 2.90 bits per heavy atom. The molecule has 0 fully saturated rings. The lowest BCUT2D eigenvalue weighted by atomic mass is 9.89. The number of carbonyl (C=O) groups is 1. The third-order valence-electron chi connectivity index (χ3n) is 5.00. The van der Waals surface area contributed by atoms with Crippen molar-refractivity contribution in [1.82, 2.24) is 15.0 Å². The Balaban J connectivity index is 1.45. The number of anilines is 1. The molecule has 0 saturated heterocycles. The number of aryl methyl sites for hydroxylation is 1. The first-order chi connectivity index (χ1) is 13.7. The molecule has 0 bridgehead atoms. The van der Waals surface area contributed by atoms with Crippen molar-refractivity contribution in [3.8, 4) is 0 Å². The minimum Gasteiger partial charge on any atom is -0.301 e. The number of thiophene rings is 1. The number of thioether (sulfide) groups is 1. The molecule has 0 spiro atoms. The van der Waals surface area contributed by atoms with Gasteiger partial charge in [-0.15, -0.1) is 22.7 Å². The molecule has 3 aromatic rings. The molecule has 9 heteroatoms. The van der Waals surface area contributed by atoms with Gasteiger partial charge >= 0.3 is 0 Å². The van der Waals surface area contributed by atoms with Crippen LogP contribution >= 0.6 is 34.4 Å². The molecule has 3 aromatic heterocycles. The molecule has 29 heavy (non-hydrogen) atoms. The third kappa shape index (κ3) is 4.41. The van der Waals surface area contributed by atoms with Crippen LogP contribution in [-0.4, -0.2) is 26.6 Å². The average molecular weight is 449 g/mol. The first-order valence-electron chi connectivity index (χ1n) is 9.64. The van der Waals surface area contributed by atoms with Crippen molar-refractivity contribution in [2.45, 2.75) is 57.5 Å². The number of fused-ring (bicyclic) bond motifs is 3. The summed E-state index contributed by atoms with van der Waals surface area (Å²) in [5.74, 6) is 0.657. The molecule has 2 N–H and O–H groups in total. The van der Waals surface area contributed by atoms with Crippen molar-refractivity contribution < 1.29 is 4.79 Å². The van der Waals surface area contributed by atoms with Crippen molar-refractivity contribution in [3.05, 3.63) is 31.9 Å². The van der Waals surface area contributed by atoms with E-state index in [0.29, 0.717) is 16.2 Å². The average Bonchev–Trinajstić information content (AvgIpc) is 3.23. The first-order valence-corrected chi connectivity index (χ1v) is 12.3. The van der Waals surface area contributed by atoms with Crippen molar-refractivity contribution in [3.63, 3.8) is 0 Å². The lowest BCUT2D eigenvalue weighted by Crippen LogP contribution is -2.17. The second-order valence-electron chi connectivity index (χ2n) is 8.53. The van der Waals surface area contributed by atoms with Crippen molar-refractivity contribution in [1.29, 1.82) is 0 Å². The van der Waals surface area contributed by atoms with Gasteiger partial charge in [0.05, 0.1) is 16.8 Å². The highest BCUT2D eigenvalue weighted by molar-refractivity contribution is 7.99. The summed E-state index contributed by atoms with van der Waals surface area (Å²) >= 11 is 4.28. The van der Waals surface area contributed by atoms with Crippen LogP contribution in [0.2, 0.25) is 0 Å². The lowest BCUT2D eigenvalue weighted by Gasteiger charge is -2.17. The van der Waals surface area contributed by atoms with Crippen LogP contribution in [0, 0.1) is 5.92 Å². The van der Waals surface area contributed by atoms with Gasteiger partial charge in [0.1, 0.15) is 4.83 Å². The topological polar surface area (TPSA) is 87.7 Å². The number of aromatic amines is 1. The summed E-state index contributed by atoms with van der Waals surface area (Å²) in [5.41, 5.74) is 1.98. The zero-order chi connectivity index (χ0) is 20.8. The van der Waals surface area contributed by atoms with Gasteiger partial charge in [0, 0.05) is 15.7 Å². The normalized spacial score (nSPS) is 16.8. The van der Waals surface area contributed by atoms with Crippen LogP contribution in [0.3, 0.4) is 0 Å². The van der Waals surface area contributed by atoms with E-state index in [0.717, 1.165) is 35.2 Å². The minimum atomic E-state index is -0.160. The Hall–Kier alpha value is -1.71. The van der Waals surface area contributed by atoms with E-state index in [9.17, 15) is 9.59 Å². The summed E-state index contributed by atoms with van der Waals surface area (Å²) in [4.78, 5) is 39.0. The van der Waals surface area contributed by atoms with E-state index in [1.165, 1.54) is 33.5 Å². The highest BCUT2D eigenvalue weighted by Gasteiger charge is 2.23. The third-order valence-corrected chi connectivity index (χ3v) is 7.78. The Kier molecular flexibility index (Phi) is 5.56. The van der Waals surface area contributed by atoms with Crippen LogP contribution in [0.1, 0.15) is 50.3 Å². The van der Waals surface area contributed by atoms with Crippen LogP contribution in [0.4, 0.5) is 5.13 Å². The van der Waals surface area contributed by atoms with Gasteiger partial charge in [-0.25, -0.2) is 9.97 Å². The fraction of sp³-hybridized carbons (Fsp3) is 0.500. The molecular formula is C20H24N4O2S3. The summed E-state index contributed by atoms with van der Waals surface area (Å²) < 4.78 is 0. The van der Waals surface area contributed by atoms with E-state index in [2.05, 4.69) is 48.0 Å². The second kappa shape index (κ2) is 7.85. The number of nitrogens with zero attached hydrogens (tertiary/aromatic N) is 2. The molecule has 0 aliphatic heterocycles. The summed E-state index contributed by atoms with van der Waals surface area (Å²) in [6.07, 6.45) is 3.08. The fourth-order valence-electron chi connectivity index (χ4n) is 3.36. The largest absolute Gasteiger partial charge is 0.301 e. The predicted octanol–water partition coefficient (Wildman–Crippen LogP) is 4.59. The Morgan fingerprint density at radius 2 is 2.17 bits per heavy atom. The first kappa shape index (κ1) is 20.6. The highest BCUT2D eigenvalue weighted by atomic mass is 32.2. The molecule has 6 nitrogen and oxygen atoms in total. The zero-order valence-electron chi connectivity index (χ0n) is 16.9. The monoisotopic (exact) mass is 448 g/mol. The molecule has 1 amide bonds. The molecular weight excluding hydrogens is 424 g/mol. The molecule has 0 aromatic carbocycles. The lowest BCUT2D eigenvalue weighted by molar-refractivity contribution is -0.113. The number of amides is 1. The smallest absolute Gasteiger partial charge is 0.260 e. The summed E-state index contributed by atoms with van der Waals surface area (Å²) in [6.45, 7) is 8.51. The van der Waals surface area contributed by atoms with Gasteiger partial charge in [-0.05, 0) is 30.7 Å². The van der Waals surface area contributed by atoms with E-state index < -0.39 is 0 Å². The summed E-state index contributed by atoms with van der Waals surface area (Å²) in [5, 5.41) is 6.62. The second-order valence-corrected chi connectivity index (χ2v) is 11.4. The number of carbonyl (C=O) groups excluding carboxylic acids is 1. The quantitative estimate of drug-likeness (QED) is 0.450. The number of nitrogens with one attached hydrogen (secondary N) is 2. The van der Waals surface area contributed by atoms with Crippen molar-refractivity contribution in [2.75, 3.05) is 11.1 Å². The molecule has 0 radical (unpaired) electrons.